The van der Waals surface area contributed by atoms with Crippen molar-refractivity contribution in [2.45, 2.75) is 20.0 Å². The molecule has 1 N–H and O–H groups in total. The number of fused-ring (bicyclic) bond motifs is 1. The molecule has 3 aromatic carbocycles. The van der Waals surface area contributed by atoms with E-state index < -0.39 is 0 Å². The Morgan fingerprint density at radius 3 is 2.34 bits per heavy atom. The Hall–Kier alpha value is -2.83. The number of hydrogen-bond acceptors (Lipinski definition) is 5. The number of ether oxygens (including phenoxy) is 1. The Morgan fingerprint density at radius 1 is 0.971 bits per heavy atom. The van der Waals surface area contributed by atoms with Crippen LogP contribution in [0.25, 0.3) is 6.08 Å². The second-order valence-corrected chi connectivity index (χ2v) is 9.88. The minimum atomic E-state index is -0.211. The molecule has 2 aliphatic heterocycles. The molecule has 0 atom stereocenters. The monoisotopic (exact) mass is 508 g/mol. The number of benzene rings is 3. The molecule has 0 aliphatic carbocycles. The smallest absolute Gasteiger partial charge is 0.232 e. The average molecular weight is 509 g/mol. The van der Waals surface area contributed by atoms with Crippen molar-refractivity contribution in [2.24, 2.45) is 0 Å². The first kappa shape index (κ1) is 23.9. The fraction of sp³-hybridized carbons (Fsp3) is 0.250. The van der Waals surface area contributed by atoms with E-state index in [-0.39, 0.29) is 17.3 Å². The summed E-state index contributed by atoms with van der Waals surface area (Å²) in [4.78, 5) is 17.9. The van der Waals surface area contributed by atoms with Crippen LogP contribution in [0.4, 0.5) is 0 Å². The minimum Gasteiger partial charge on any atom is -0.507 e. The Kier molecular flexibility index (Phi) is 6.85. The molecule has 35 heavy (non-hydrogen) atoms. The maximum atomic E-state index is 13.2. The van der Waals surface area contributed by atoms with E-state index in [9.17, 15) is 9.90 Å². The summed E-state index contributed by atoms with van der Waals surface area (Å²) < 4.78 is 6.07. The molecule has 7 heteroatoms. The number of halogens is 2. The number of phenolic OH excluding ortho intramolecular Hbond substituents is 1. The minimum absolute atomic E-state index is 0.145. The molecule has 3 aromatic rings. The molecule has 0 saturated carbocycles. The predicted octanol–water partition coefficient (Wildman–Crippen LogP) is 5.94. The Balaban J connectivity index is 1.33. The summed E-state index contributed by atoms with van der Waals surface area (Å²) in [7, 11) is 0. The van der Waals surface area contributed by atoms with Crippen molar-refractivity contribution in [3.05, 3.63) is 98.2 Å². The molecule has 0 radical (unpaired) electrons. The summed E-state index contributed by atoms with van der Waals surface area (Å²) in [5.74, 6) is 0.561. The molecule has 0 amide bonds. The van der Waals surface area contributed by atoms with Crippen LogP contribution in [0.1, 0.15) is 32.6 Å². The first-order chi connectivity index (χ1) is 16.9. The molecule has 180 valence electrons. The summed E-state index contributed by atoms with van der Waals surface area (Å²) >= 11 is 12.3. The number of allylic oxidation sites excluding steroid dienone is 1. The summed E-state index contributed by atoms with van der Waals surface area (Å²) in [6.45, 7) is 6.85. The third-order valence-corrected chi connectivity index (χ3v) is 7.13. The predicted molar refractivity (Wildman–Crippen MR) is 139 cm³/mol. The number of rotatable bonds is 5. The van der Waals surface area contributed by atoms with Gasteiger partial charge in [-0.3, -0.25) is 14.6 Å². The van der Waals surface area contributed by atoms with Crippen molar-refractivity contribution in [3.63, 3.8) is 0 Å². The Labute approximate surface area is 215 Å². The zero-order valence-electron chi connectivity index (χ0n) is 19.4. The number of carbonyl (C=O) groups excluding carboxylic acids is 1. The summed E-state index contributed by atoms with van der Waals surface area (Å²) in [6.07, 6.45) is 1.63. The van der Waals surface area contributed by atoms with Crippen molar-refractivity contribution in [3.8, 4) is 11.5 Å². The fourth-order valence-electron chi connectivity index (χ4n) is 4.66. The highest BCUT2D eigenvalue weighted by molar-refractivity contribution is 6.35. The van der Waals surface area contributed by atoms with Gasteiger partial charge in [-0.2, -0.15) is 0 Å². The van der Waals surface area contributed by atoms with E-state index in [1.807, 2.05) is 13.0 Å². The molecule has 2 aliphatic rings. The molecular weight excluding hydrogens is 483 g/mol. The van der Waals surface area contributed by atoms with Crippen LogP contribution in [-0.4, -0.2) is 46.9 Å². The van der Waals surface area contributed by atoms with Gasteiger partial charge in [0.15, 0.2) is 5.76 Å². The maximum Gasteiger partial charge on any atom is 0.232 e. The van der Waals surface area contributed by atoms with Crippen LogP contribution in [0.3, 0.4) is 0 Å². The lowest BCUT2D eigenvalue weighted by Crippen LogP contribution is -2.45. The largest absolute Gasteiger partial charge is 0.507 e. The second-order valence-electron chi connectivity index (χ2n) is 9.04. The lowest BCUT2D eigenvalue weighted by Gasteiger charge is -2.35. The zero-order chi connectivity index (χ0) is 24.5. The van der Waals surface area contributed by atoms with Gasteiger partial charge >= 0.3 is 0 Å². The van der Waals surface area contributed by atoms with Gasteiger partial charge in [0.05, 0.1) is 11.1 Å². The molecule has 2 heterocycles. The van der Waals surface area contributed by atoms with Gasteiger partial charge in [-0.05, 0) is 47.9 Å². The van der Waals surface area contributed by atoms with Gasteiger partial charge in [-0.15, -0.1) is 0 Å². The van der Waals surface area contributed by atoms with Gasteiger partial charge in [0, 0.05) is 49.3 Å². The number of carbonyl (C=O) groups is 1. The number of piperazine rings is 1. The molecule has 1 fully saturated rings. The van der Waals surface area contributed by atoms with Gasteiger partial charge in [0.25, 0.3) is 0 Å². The maximum absolute atomic E-state index is 13.2. The van der Waals surface area contributed by atoms with Crippen LogP contribution in [0, 0.1) is 6.92 Å². The van der Waals surface area contributed by atoms with E-state index >= 15 is 0 Å². The Morgan fingerprint density at radius 2 is 1.66 bits per heavy atom. The summed E-state index contributed by atoms with van der Waals surface area (Å²) in [6, 6.07) is 17.2. The van der Waals surface area contributed by atoms with E-state index in [2.05, 4.69) is 34.1 Å². The molecule has 5 nitrogen and oxygen atoms in total. The quantitative estimate of drug-likeness (QED) is 0.432. The number of aryl methyl sites for hydroxylation is 1. The number of phenols is 1. The van der Waals surface area contributed by atoms with Crippen molar-refractivity contribution in [1.29, 1.82) is 0 Å². The molecular formula is C28H26Cl2N2O3. The van der Waals surface area contributed by atoms with Crippen LogP contribution < -0.4 is 4.74 Å². The van der Waals surface area contributed by atoms with Crippen LogP contribution in [0.15, 0.2) is 60.4 Å². The van der Waals surface area contributed by atoms with Crippen molar-refractivity contribution >= 4 is 35.1 Å². The highest BCUT2D eigenvalue weighted by Crippen LogP contribution is 2.42. The van der Waals surface area contributed by atoms with Crippen molar-refractivity contribution in [2.75, 3.05) is 26.2 Å². The van der Waals surface area contributed by atoms with Gasteiger partial charge in [0.2, 0.25) is 5.78 Å². The van der Waals surface area contributed by atoms with Crippen molar-refractivity contribution in [1.82, 2.24) is 9.80 Å². The first-order valence-corrected chi connectivity index (χ1v) is 12.4. The number of aromatic hydroxyl groups is 1. The summed E-state index contributed by atoms with van der Waals surface area (Å²) in [5.41, 5.74) is 3.77. The lowest BCUT2D eigenvalue weighted by atomic mass is 9.99. The lowest BCUT2D eigenvalue weighted by molar-refractivity contribution is 0.101. The molecule has 0 spiro atoms. The summed E-state index contributed by atoms with van der Waals surface area (Å²) in [5, 5.41) is 11.7. The van der Waals surface area contributed by atoms with Gasteiger partial charge in [-0.1, -0.05) is 59.6 Å². The number of Topliss-reactive ketones (excluding diaryl/α,β-unsaturated/α-hetero) is 1. The SMILES string of the molecule is Cc1cc(O)c(CN2CCN(Cc3ccccc3)CC2)c2c1C(=O)/C(=C/c1ccc(Cl)cc1Cl)O2. The van der Waals surface area contributed by atoms with Gasteiger partial charge in [0.1, 0.15) is 11.5 Å². The molecule has 1 saturated heterocycles. The molecule has 0 bridgehead atoms. The zero-order valence-corrected chi connectivity index (χ0v) is 20.9. The first-order valence-electron chi connectivity index (χ1n) is 11.6. The highest BCUT2D eigenvalue weighted by Gasteiger charge is 2.34. The van der Waals surface area contributed by atoms with Crippen LogP contribution >= 0.6 is 23.2 Å². The van der Waals surface area contributed by atoms with Gasteiger partial charge < -0.3 is 9.84 Å². The number of nitrogens with zero attached hydrogens (tertiary/aromatic N) is 2. The Bertz CT molecular complexity index is 1300. The number of ketones is 1. The normalized spacial score (nSPS) is 17.6. The third-order valence-electron chi connectivity index (χ3n) is 6.57. The second kappa shape index (κ2) is 10.0. The van der Waals surface area contributed by atoms with E-state index in [0.29, 0.717) is 44.6 Å². The fourth-order valence-corrected chi connectivity index (χ4v) is 5.13. The van der Waals surface area contributed by atoms with Gasteiger partial charge in [-0.25, -0.2) is 0 Å². The number of hydrogen-bond donors (Lipinski definition) is 1. The van der Waals surface area contributed by atoms with E-state index in [4.69, 9.17) is 27.9 Å². The van der Waals surface area contributed by atoms with Crippen LogP contribution in [0.5, 0.6) is 11.5 Å². The third kappa shape index (κ3) is 5.09. The average Bonchev–Trinajstić information content (AvgIpc) is 3.16. The topological polar surface area (TPSA) is 53.0 Å². The highest BCUT2D eigenvalue weighted by atomic mass is 35.5. The molecule has 0 unspecified atom stereocenters. The standard InChI is InChI=1S/C28H26Cl2N2O3/c1-18-13-24(33)22(17-32-11-9-31(10-12-32)16-19-5-3-2-4-6-19)28-26(18)27(34)25(35-28)14-20-7-8-21(29)15-23(20)30/h2-8,13-15,33H,9-12,16-17H2,1H3/b25-14-. The molecule has 0 aromatic heterocycles. The van der Waals surface area contributed by atoms with E-state index in [0.717, 1.165) is 32.7 Å². The molecule has 5 rings (SSSR count). The van der Waals surface area contributed by atoms with E-state index in [1.54, 1.807) is 30.3 Å². The van der Waals surface area contributed by atoms with E-state index in [1.165, 1.54) is 5.56 Å². The van der Waals surface area contributed by atoms with Crippen LogP contribution in [0.2, 0.25) is 10.0 Å². The van der Waals surface area contributed by atoms with Crippen LogP contribution in [-0.2, 0) is 13.1 Å². The van der Waals surface area contributed by atoms with Crippen molar-refractivity contribution < 1.29 is 14.6 Å².